The van der Waals surface area contributed by atoms with Gasteiger partial charge in [0.2, 0.25) is 17.8 Å². The molecule has 1 fully saturated rings. The highest BCUT2D eigenvalue weighted by atomic mass is 16.2. The van der Waals surface area contributed by atoms with Gasteiger partial charge in [-0.1, -0.05) is 6.07 Å². The molecule has 172 valence electrons. The third kappa shape index (κ3) is 3.65. The van der Waals surface area contributed by atoms with E-state index in [9.17, 15) is 9.59 Å². The van der Waals surface area contributed by atoms with Gasteiger partial charge in [-0.05, 0) is 44.4 Å². The van der Waals surface area contributed by atoms with Crippen molar-refractivity contribution >= 4 is 40.6 Å². The van der Waals surface area contributed by atoms with E-state index in [2.05, 4.69) is 30.6 Å². The molecule has 0 atom stereocenters. The van der Waals surface area contributed by atoms with Gasteiger partial charge in [-0.15, -0.1) is 5.10 Å². The van der Waals surface area contributed by atoms with Gasteiger partial charge in [0.25, 0.3) is 0 Å². The monoisotopic (exact) mass is 448 g/mol. The maximum atomic E-state index is 12.2. The zero-order valence-electron chi connectivity index (χ0n) is 19.3. The number of piperidine rings is 1. The minimum Gasteiger partial charge on any atom is -0.353 e. The van der Waals surface area contributed by atoms with Gasteiger partial charge in [0, 0.05) is 56.9 Å². The lowest BCUT2D eigenvalue weighted by Crippen LogP contribution is -2.45. The Balaban J connectivity index is 1.37. The minimum absolute atomic E-state index is 0.00612. The van der Waals surface area contributed by atoms with E-state index in [1.807, 2.05) is 44.0 Å². The topological polar surface area (TPSA) is 108 Å². The van der Waals surface area contributed by atoms with Gasteiger partial charge < -0.3 is 20.4 Å². The lowest BCUT2D eigenvalue weighted by Gasteiger charge is -2.36. The van der Waals surface area contributed by atoms with Crippen LogP contribution in [0.3, 0.4) is 0 Å². The largest absolute Gasteiger partial charge is 0.353 e. The van der Waals surface area contributed by atoms with Crippen LogP contribution in [-0.2, 0) is 15.0 Å². The number of fused-ring (bicyclic) bond motifs is 2. The van der Waals surface area contributed by atoms with E-state index in [1.54, 1.807) is 23.8 Å². The first kappa shape index (κ1) is 21.2. The zero-order valence-corrected chi connectivity index (χ0v) is 19.3. The molecular formula is C23H28N8O2. The number of carbonyl (C=O) groups excluding carboxylic acids is 2. The molecule has 2 N–H and O–H groups in total. The number of benzene rings is 1. The summed E-state index contributed by atoms with van der Waals surface area (Å²) in [5, 5.41) is 10.7. The summed E-state index contributed by atoms with van der Waals surface area (Å²) in [6.45, 7) is 6.95. The summed E-state index contributed by atoms with van der Waals surface area (Å²) in [4.78, 5) is 37.2. The molecule has 2 aliphatic heterocycles. The number of nitrogens with zero attached hydrogens (tertiary/aromatic N) is 6. The van der Waals surface area contributed by atoms with Crippen LogP contribution in [0.15, 0.2) is 30.6 Å². The van der Waals surface area contributed by atoms with Crippen LogP contribution in [0.4, 0.5) is 23.1 Å². The molecule has 10 heteroatoms. The maximum Gasteiger partial charge on any atom is 0.247 e. The van der Waals surface area contributed by atoms with Crippen LogP contribution in [0.25, 0.3) is 5.65 Å². The van der Waals surface area contributed by atoms with Crippen LogP contribution < -0.4 is 15.5 Å². The first-order valence-corrected chi connectivity index (χ1v) is 11.2. The Bertz CT molecular complexity index is 1240. The predicted molar refractivity (Wildman–Crippen MR) is 126 cm³/mol. The van der Waals surface area contributed by atoms with Gasteiger partial charge >= 0.3 is 0 Å². The van der Waals surface area contributed by atoms with Gasteiger partial charge in [0.1, 0.15) is 0 Å². The van der Waals surface area contributed by atoms with E-state index < -0.39 is 5.41 Å². The molecule has 0 aliphatic carbocycles. The molecule has 33 heavy (non-hydrogen) atoms. The van der Waals surface area contributed by atoms with Gasteiger partial charge in [0.05, 0.1) is 5.41 Å². The average Bonchev–Trinajstić information content (AvgIpc) is 3.30. The quantitative estimate of drug-likeness (QED) is 0.631. The normalized spacial score (nSPS) is 17.7. The number of carbonyl (C=O) groups is 2. The Morgan fingerprint density at radius 2 is 2.03 bits per heavy atom. The first-order chi connectivity index (χ1) is 15.7. The Morgan fingerprint density at radius 1 is 1.27 bits per heavy atom. The predicted octanol–water partition coefficient (Wildman–Crippen LogP) is 2.54. The van der Waals surface area contributed by atoms with Crippen molar-refractivity contribution in [3.63, 3.8) is 0 Å². The van der Waals surface area contributed by atoms with Crippen LogP contribution in [-0.4, -0.2) is 62.5 Å². The standard InChI is InChI=1S/C23H28N8O2/c1-14(32)30-10-7-16(8-11-30)29(4)19-20-27-22(28-31(20)12-9-24-19)25-15-5-6-17-18(13-15)26-21(33)23(17,2)3/h5-6,9,12-13,16H,7-8,10-11H2,1-4H3,(H,25,28)(H,26,33). The van der Waals surface area contributed by atoms with Crippen LogP contribution in [0.2, 0.25) is 0 Å². The fourth-order valence-corrected chi connectivity index (χ4v) is 4.65. The highest BCUT2D eigenvalue weighted by Crippen LogP contribution is 2.39. The van der Waals surface area contributed by atoms with Crippen molar-refractivity contribution in [3.8, 4) is 0 Å². The fourth-order valence-electron chi connectivity index (χ4n) is 4.65. The third-order valence-electron chi connectivity index (χ3n) is 6.79. The van der Waals surface area contributed by atoms with Gasteiger partial charge in [0.15, 0.2) is 11.5 Å². The molecule has 1 saturated heterocycles. The second-order valence-electron chi connectivity index (χ2n) is 9.27. The Kier molecular flexibility index (Phi) is 4.95. The molecule has 2 amide bonds. The van der Waals surface area contributed by atoms with Gasteiger partial charge in [-0.2, -0.15) is 4.98 Å². The zero-order chi connectivity index (χ0) is 23.3. The second-order valence-corrected chi connectivity index (χ2v) is 9.27. The molecule has 0 spiro atoms. The van der Waals surface area contributed by atoms with E-state index in [4.69, 9.17) is 0 Å². The number of anilines is 4. The highest BCUT2D eigenvalue weighted by Gasteiger charge is 2.38. The van der Waals surface area contributed by atoms with Crippen molar-refractivity contribution in [1.82, 2.24) is 24.5 Å². The number of likely N-dealkylation sites (tertiary alicyclic amines) is 1. The summed E-state index contributed by atoms with van der Waals surface area (Å²) in [5.74, 6) is 1.32. The van der Waals surface area contributed by atoms with Crippen LogP contribution in [0.5, 0.6) is 0 Å². The van der Waals surface area contributed by atoms with Crippen molar-refractivity contribution in [3.05, 3.63) is 36.2 Å². The molecule has 1 aromatic carbocycles. The molecule has 4 heterocycles. The third-order valence-corrected chi connectivity index (χ3v) is 6.79. The van der Waals surface area contributed by atoms with Crippen molar-refractivity contribution < 1.29 is 9.59 Å². The lowest BCUT2D eigenvalue weighted by atomic mass is 9.86. The van der Waals surface area contributed by atoms with Crippen LogP contribution >= 0.6 is 0 Å². The van der Waals surface area contributed by atoms with E-state index >= 15 is 0 Å². The molecule has 0 radical (unpaired) electrons. The number of aromatic nitrogens is 4. The molecular weight excluding hydrogens is 420 g/mol. The van der Waals surface area contributed by atoms with E-state index in [-0.39, 0.29) is 17.9 Å². The molecule has 2 aliphatic rings. The highest BCUT2D eigenvalue weighted by molar-refractivity contribution is 6.06. The summed E-state index contributed by atoms with van der Waals surface area (Å²) in [7, 11) is 2.02. The average molecular weight is 449 g/mol. The fraction of sp³-hybridized carbons (Fsp3) is 0.435. The summed E-state index contributed by atoms with van der Waals surface area (Å²) in [6.07, 6.45) is 5.26. The Hall–Kier alpha value is -3.69. The Morgan fingerprint density at radius 3 is 2.76 bits per heavy atom. The lowest BCUT2D eigenvalue weighted by molar-refractivity contribution is -0.129. The number of hydrogen-bond donors (Lipinski definition) is 2. The summed E-state index contributed by atoms with van der Waals surface area (Å²) in [6, 6.07) is 6.07. The van der Waals surface area contributed by atoms with Gasteiger partial charge in [-0.25, -0.2) is 9.50 Å². The maximum absolute atomic E-state index is 12.2. The first-order valence-electron chi connectivity index (χ1n) is 11.2. The molecule has 2 aromatic heterocycles. The number of nitrogens with one attached hydrogen (secondary N) is 2. The van der Waals surface area contributed by atoms with Crippen molar-refractivity contribution in [1.29, 1.82) is 0 Å². The van der Waals surface area contributed by atoms with Crippen molar-refractivity contribution in [2.24, 2.45) is 0 Å². The molecule has 0 unspecified atom stereocenters. The minimum atomic E-state index is -0.541. The van der Waals surface area contributed by atoms with Crippen LogP contribution in [0.1, 0.15) is 39.2 Å². The van der Waals surface area contributed by atoms with Crippen molar-refractivity contribution in [2.45, 2.75) is 45.1 Å². The molecule has 0 saturated carbocycles. The SMILES string of the molecule is CC(=O)N1CCC(N(C)c2nccn3nc(Nc4ccc5c(c4)NC(=O)C5(C)C)nc23)CC1. The molecule has 3 aromatic rings. The number of amides is 2. The van der Waals surface area contributed by atoms with Crippen LogP contribution in [0, 0.1) is 0 Å². The summed E-state index contributed by atoms with van der Waals surface area (Å²) < 4.78 is 1.71. The smallest absolute Gasteiger partial charge is 0.247 e. The molecule has 0 bridgehead atoms. The van der Waals surface area contributed by atoms with E-state index in [0.29, 0.717) is 11.6 Å². The number of rotatable bonds is 4. The molecule has 10 nitrogen and oxygen atoms in total. The molecule has 5 rings (SSSR count). The second kappa shape index (κ2) is 7.72. The summed E-state index contributed by atoms with van der Waals surface area (Å²) in [5.41, 5.74) is 2.69. The van der Waals surface area contributed by atoms with E-state index in [0.717, 1.165) is 48.7 Å². The Labute approximate surface area is 192 Å². The van der Waals surface area contributed by atoms with Crippen molar-refractivity contribution in [2.75, 3.05) is 35.7 Å². The summed E-state index contributed by atoms with van der Waals surface area (Å²) >= 11 is 0. The number of hydrogen-bond acceptors (Lipinski definition) is 7. The van der Waals surface area contributed by atoms with Gasteiger partial charge in [-0.3, -0.25) is 9.59 Å². The van der Waals surface area contributed by atoms with E-state index in [1.165, 1.54) is 0 Å².